The topological polar surface area (TPSA) is 38.3 Å². The first-order chi connectivity index (χ1) is 7.31. The Kier molecular flexibility index (Phi) is 3.38. The minimum atomic E-state index is -0.117. The zero-order valence-corrected chi connectivity index (χ0v) is 9.60. The summed E-state index contributed by atoms with van der Waals surface area (Å²) in [7, 11) is 0. The highest BCUT2D eigenvalue weighted by molar-refractivity contribution is 7.10. The molecule has 3 nitrogen and oxygen atoms in total. The summed E-state index contributed by atoms with van der Waals surface area (Å²) in [6.07, 6.45) is 1.52. The largest absolute Gasteiger partial charge is 0.466 e. The first-order valence-corrected chi connectivity index (χ1v) is 6.14. The van der Waals surface area contributed by atoms with Gasteiger partial charge in [0.25, 0.3) is 0 Å². The van der Waals surface area contributed by atoms with Crippen LogP contribution in [0.25, 0.3) is 0 Å². The molecule has 4 heteroatoms. The Morgan fingerprint density at radius 3 is 3.40 bits per heavy atom. The maximum absolute atomic E-state index is 11.4. The van der Waals surface area contributed by atoms with Crippen molar-refractivity contribution in [3.63, 3.8) is 0 Å². The molecule has 2 heterocycles. The molecule has 2 rings (SSSR count). The van der Waals surface area contributed by atoms with Gasteiger partial charge in [0.15, 0.2) is 0 Å². The zero-order valence-electron chi connectivity index (χ0n) is 8.79. The van der Waals surface area contributed by atoms with E-state index in [-0.39, 0.29) is 12.0 Å². The van der Waals surface area contributed by atoms with Gasteiger partial charge in [0.05, 0.1) is 13.0 Å². The number of carbonyl (C=O) groups is 1. The van der Waals surface area contributed by atoms with Crippen molar-refractivity contribution in [1.29, 1.82) is 0 Å². The lowest BCUT2D eigenvalue weighted by Gasteiger charge is -2.23. The van der Waals surface area contributed by atoms with E-state index >= 15 is 0 Å². The van der Waals surface area contributed by atoms with Crippen molar-refractivity contribution < 1.29 is 9.53 Å². The van der Waals surface area contributed by atoms with Crippen LogP contribution in [0, 0.1) is 0 Å². The summed E-state index contributed by atoms with van der Waals surface area (Å²) in [5.41, 5.74) is 1.28. The molecule has 0 amide bonds. The summed E-state index contributed by atoms with van der Waals surface area (Å²) in [6, 6.07) is 2.26. The van der Waals surface area contributed by atoms with Crippen molar-refractivity contribution in [2.75, 3.05) is 13.2 Å². The lowest BCUT2D eigenvalue weighted by molar-refractivity contribution is -0.143. The van der Waals surface area contributed by atoms with E-state index in [2.05, 4.69) is 16.8 Å². The number of esters is 1. The molecule has 1 atom stereocenters. The number of ether oxygens (including phenoxy) is 1. The Morgan fingerprint density at radius 2 is 2.60 bits per heavy atom. The third-order valence-electron chi connectivity index (χ3n) is 2.57. The second kappa shape index (κ2) is 4.77. The van der Waals surface area contributed by atoms with E-state index in [0.29, 0.717) is 13.0 Å². The lowest BCUT2D eigenvalue weighted by atomic mass is 10.00. The van der Waals surface area contributed by atoms with Gasteiger partial charge in [0, 0.05) is 17.5 Å². The number of carbonyl (C=O) groups excluding carboxylic acids is 1. The van der Waals surface area contributed by atoms with Crippen LogP contribution in [0.15, 0.2) is 11.4 Å². The minimum Gasteiger partial charge on any atom is -0.466 e. The molecule has 1 aliphatic rings. The van der Waals surface area contributed by atoms with E-state index in [9.17, 15) is 4.79 Å². The molecule has 1 aromatic rings. The molecule has 0 saturated carbocycles. The smallest absolute Gasteiger partial charge is 0.307 e. The Balaban J connectivity index is 2.03. The van der Waals surface area contributed by atoms with Crippen molar-refractivity contribution in [3.05, 3.63) is 21.9 Å². The van der Waals surface area contributed by atoms with E-state index in [1.807, 2.05) is 6.92 Å². The van der Waals surface area contributed by atoms with Gasteiger partial charge in [-0.2, -0.15) is 0 Å². The molecule has 15 heavy (non-hydrogen) atoms. The third-order valence-corrected chi connectivity index (χ3v) is 3.57. The first-order valence-electron chi connectivity index (χ1n) is 5.26. The molecule has 1 aromatic heterocycles. The van der Waals surface area contributed by atoms with Gasteiger partial charge in [-0.15, -0.1) is 11.3 Å². The van der Waals surface area contributed by atoms with Gasteiger partial charge < -0.3 is 10.1 Å². The maximum Gasteiger partial charge on any atom is 0.307 e. The number of nitrogens with one attached hydrogen (secondary N) is 1. The van der Waals surface area contributed by atoms with Gasteiger partial charge in [-0.3, -0.25) is 4.79 Å². The van der Waals surface area contributed by atoms with Gasteiger partial charge in [0.1, 0.15) is 0 Å². The van der Waals surface area contributed by atoms with E-state index in [4.69, 9.17) is 4.74 Å². The molecule has 0 fully saturated rings. The predicted molar refractivity (Wildman–Crippen MR) is 60.0 cm³/mol. The van der Waals surface area contributed by atoms with Crippen LogP contribution in [0.1, 0.15) is 29.8 Å². The van der Waals surface area contributed by atoms with Crippen molar-refractivity contribution in [2.24, 2.45) is 0 Å². The van der Waals surface area contributed by atoms with E-state index in [0.717, 1.165) is 13.0 Å². The number of hydrogen-bond donors (Lipinski definition) is 1. The third kappa shape index (κ3) is 2.38. The van der Waals surface area contributed by atoms with E-state index in [1.54, 1.807) is 11.3 Å². The summed E-state index contributed by atoms with van der Waals surface area (Å²) >= 11 is 1.78. The van der Waals surface area contributed by atoms with Crippen LogP contribution in [-0.2, 0) is 16.0 Å². The normalized spacial score (nSPS) is 19.7. The molecule has 0 saturated heterocycles. The molecule has 0 aromatic carbocycles. The molecule has 1 unspecified atom stereocenters. The summed E-state index contributed by atoms with van der Waals surface area (Å²) in [6.45, 7) is 3.25. The highest BCUT2D eigenvalue weighted by Gasteiger charge is 2.23. The monoisotopic (exact) mass is 225 g/mol. The van der Waals surface area contributed by atoms with Gasteiger partial charge in [-0.05, 0) is 30.4 Å². The van der Waals surface area contributed by atoms with Crippen LogP contribution in [0.2, 0.25) is 0 Å². The fraction of sp³-hybridized carbons (Fsp3) is 0.545. The molecule has 0 bridgehead atoms. The molecule has 0 aliphatic carbocycles. The molecule has 0 spiro atoms. The fourth-order valence-corrected chi connectivity index (χ4v) is 2.85. The zero-order chi connectivity index (χ0) is 10.7. The second-order valence-electron chi connectivity index (χ2n) is 3.56. The summed E-state index contributed by atoms with van der Waals surface area (Å²) in [5, 5.41) is 5.45. The number of fused-ring (bicyclic) bond motifs is 1. The highest BCUT2D eigenvalue weighted by atomic mass is 32.1. The molecular weight excluding hydrogens is 210 g/mol. The van der Waals surface area contributed by atoms with E-state index < -0.39 is 0 Å². The van der Waals surface area contributed by atoms with E-state index in [1.165, 1.54) is 10.4 Å². The van der Waals surface area contributed by atoms with Gasteiger partial charge >= 0.3 is 5.97 Å². The number of rotatable bonds is 3. The maximum atomic E-state index is 11.4. The summed E-state index contributed by atoms with van der Waals surface area (Å²) in [5.74, 6) is -0.117. The Morgan fingerprint density at radius 1 is 1.73 bits per heavy atom. The minimum absolute atomic E-state index is 0.117. The first kappa shape index (κ1) is 10.6. The average Bonchev–Trinajstić information content (AvgIpc) is 2.67. The molecule has 0 radical (unpaired) electrons. The van der Waals surface area contributed by atoms with Crippen molar-refractivity contribution in [3.8, 4) is 0 Å². The van der Waals surface area contributed by atoms with Crippen molar-refractivity contribution in [1.82, 2.24) is 5.32 Å². The highest BCUT2D eigenvalue weighted by Crippen LogP contribution is 2.29. The van der Waals surface area contributed by atoms with Crippen LogP contribution in [0.5, 0.6) is 0 Å². The van der Waals surface area contributed by atoms with Crippen LogP contribution < -0.4 is 5.32 Å². The van der Waals surface area contributed by atoms with Gasteiger partial charge in [-0.25, -0.2) is 0 Å². The lowest BCUT2D eigenvalue weighted by Crippen LogP contribution is -2.30. The molecule has 82 valence electrons. The van der Waals surface area contributed by atoms with Gasteiger partial charge in [-0.1, -0.05) is 0 Å². The van der Waals surface area contributed by atoms with Crippen LogP contribution in [0.3, 0.4) is 0 Å². The summed E-state index contributed by atoms with van der Waals surface area (Å²) in [4.78, 5) is 12.8. The predicted octanol–water partition coefficient (Wildman–Crippen LogP) is 1.89. The molecular formula is C11H15NO2S. The standard InChI is InChI=1S/C11H15NO2S/c1-2-14-11(13)7-9-8-4-6-15-10(8)3-5-12-9/h4,6,9,12H,2-3,5,7H2,1H3. The summed E-state index contributed by atoms with van der Waals surface area (Å²) < 4.78 is 4.96. The quantitative estimate of drug-likeness (QED) is 0.798. The van der Waals surface area contributed by atoms with Crippen LogP contribution >= 0.6 is 11.3 Å². The van der Waals surface area contributed by atoms with Crippen molar-refractivity contribution >= 4 is 17.3 Å². The average molecular weight is 225 g/mol. The van der Waals surface area contributed by atoms with Crippen LogP contribution in [0.4, 0.5) is 0 Å². The fourth-order valence-electron chi connectivity index (χ4n) is 1.90. The Hall–Kier alpha value is -0.870. The van der Waals surface area contributed by atoms with Crippen molar-refractivity contribution in [2.45, 2.75) is 25.8 Å². The van der Waals surface area contributed by atoms with Gasteiger partial charge in [0.2, 0.25) is 0 Å². The molecule has 1 aliphatic heterocycles. The second-order valence-corrected chi connectivity index (χ2v) is 4.57. The number of hydrogen-bond acceptors (Lipinski definition) is 4. The SMILES string of the molecule is CCOC(=O)CC1NCCc2sccc21. The van der Waals surface area contributed by atoms with Crippen LogP contribution in [-0.4, -0.2) is 19.1 Å². The number of thiophene rings is 1. The Labute approximate surface area is 93.4 Å². The Bertz CT molecular complexity index is 348. The molecule has 1 N–H and O–H groups in total.